The smallest absolute Gasteiger partial charge is 0.345 e. The highest BCUT2D eigenvalue weighted by atomic mass is 127. The molecule has 2 heterocycles. The van der Waals surface area contributed by atoms with Gasteiger partial charge in [0.2, 0.25) is 0 Å². The average molecular weight is 484 g/mol. The minimum absolute atomic E-state index is 0. The summed E-state index contributed by atoms with van der Waals surface area (Å²) in [4.78, 5) is 16.6. The standard InChI is InChI=1S/C19H28N6O.HI/c1-15-8-3-4-9-16(15)14-22-18(20-2)21-11-7-13-25-19(26)24-12-6-5-10-17(24)23-25;/h3-4,8-9H,5-7,10-14H2,1-2H3,(H2,20,21,22);1H. The van der Waals surface area contributed by atoms with Crippen molar-refractivity contribution in [2.24, 2.45) is 4.99 Å². The molecule has 0 bridgehead atoms. The van der Waals surface area contributed by atoms with Gasteiger partial charge in [0, 0.05) is 39.6 Å². The molecule has 1 aliphatic heterocycles. The summed E-state index contributed by atoms with van der Waals surface area (Å²) >= 11 is 0. The van der Waals surface area contributed by atoms with Crippen LogP contribution in [-0.2, 0) is 26.1 Å². The van der Waals surface area contributed by atoms with E-state index in [0.29, 0.717) is 6.54 Å². The lowest BCUT2D eigenvalue weighted by molar-refractivity contribution is 0.509. The van der Waals surface area contributed by atoms with Crippen molar-refractivity contribution in [1.82, 2.24) is 25.0 Å². The van der Waals surface area contributed by atoms with E-state index in [-0.39, 0.29) is 29.7 Å². The molecule has 7 nitrogen and oxygen atoms in total. The summed E-state index contributed by atoms with van der Waals surface area (Å²) in [5.74, 6) is 1.70. The van der Waals surface area contributed by atoms with Gasteiger partial charge in [0.25, 0.3) is 0 Å². The number of guanidine groups is 1. The van der Waals surface area contributed by atoms with E-state index in [1.165, 1.54) is 11.1 Å². The lowest BCUT2D eigenvalue weighted by Gasteiger charge is -2.13. The van der Waals surface area contributed by atoms with Gasteiger partial charge in [0.1, 0.15) is 5.82 Å². The number of benzene rings is 1. The summed E-state index contributed by atoms with van der Waals surface area (Å²) in [6, 6.07) is 8.31. The molecule has 8 heteroatoms. The van der Waals surface area contributed by atoms with Crippen LogP contribution < -0.4 is 16.3 Å². The Morgan fingerprint density at radius 3 is 2.81 bits per heavy atom. The van der Waals surface area contributed by atoms with E-state index in [1.54, 1.807) is 11.7 Å². The van der Waals surface area contributed by atoms with E-state index in [9.17, 15) is 4.79 Å². The minimum Gasteiger partial charge on any atom is -0.356 e. The summed E-state index contributed by atoms with van der Waals surface area (Å²) in [5.41, 5.74) is 2.55. The molecule has 0 spiro atoms. The Kier molecular flexibility index (Phi) is 8.33. The van der Waals surface area contributed by atoms with Crippen molar-refractivity contribution in [2.45, 2.75) is 52.2 Å². The van der Waals surface area contributed by atoms with Crippen LogP contribution in [0.5, 0.6) is 0 Å². The number of rotatable bonds is 6. The number of nitrogens with one attached hydrogen (secondary N) is 2. The topological polar surface area (TPSA) is 76.2 Å². The molecular formula is C19H29IN6O. The fraction of sp³-hybridized carbons (Fsp3) is 0.526. The molecule has 0 radical (unpaired) electrons. The zero-order valence-electron chi connectivity index (χ0n) is 16.1. The van der Waals surface area contributed by atoms with Gasteiger partial charge in [-0.25, -0.2) is 9.48 Å². The molecule has 1 aliphatic rings. The highest BCUT2D eigenvalue weighted by molar-refractivity contribution is 14.0. The fourth-order valence-electron chi connectivity index (χ4n) is 3.24. The van der Waals surface area contributed by atoms with Gasteiger partial charge in [-0.2, -0.15) is 5.10 Å². The minimum atomic E-state index is 0. The highest BCUT2D eigenvalue weighted by Gasteiger charge is 2.16. The Hall–Kier alpha value is -1.84. The van der Waals surface area contributed by atoms with Crippen molar-refractivity contribution in [3.05, 3.63) is 51.7 Å². The normalized spacial score (nSPS) is 13.6. The van der Waals surface area contributed by atoms with Gasteiger partial charge >= 0.3 is 5.69 Å². The SMILES string of the molecule is CN=C(NCCCn1nc2n(c1=O)CCCC2)NCc1ccccc1C.I. The van der Waals surface area contributed by atoms with Crippen LogP contribution in [0.4, 0.5) is 0 Å². The number of hydrogen-bond acceptors (Lipinski definition) is 3. The Morgan fingerprint density at radius 2 is 2.07 bits per heavy atom. The van der Waals surface area contributed by atoms with Gasteiger partial charge in [-0.15, -0.1) is 24.0 Å². The molecule has 1 aromatic heterocycles. The maximum Gasteiger partial charge on any atom is 0.345 e. The number of aromatic nitrogens is 3. The molecule has 2 N–H and O–H groups in total. The zero-order valence-corrected chi connectivity index (χ0v) is 18.4. The van der Waals surface area contributed by atoms with E-state index in [0.717, 1.165) is 57.1 Å². The van der Waals surface area contributed by atoms with Gasteiger partial charge in [-0.3, -0.25) is 9.56 Å². The van der Waals surface area contributed by atoms with Crippen LogP contribution in [0.15, 0.2) is 34.1 Å². The molecule has 0 atom stereocenters. The fourth-order valence-corrected chi connectivity index (χ4v) is 3.24. The number of hydrogen-bond donors (Lipinski definition) is 2. The number of aryl methyl sites for hydroxylation is 3. The van der Waals surface area contributed by atoms with Crippen LogP contribution in [0.2, 0.25) is 0 Å². The third-order valence-electron chi connectivity index (χ3n) is 4.80. The first-order chi connectivity index (χ1) is 12.7. The van der Waals surface area contributed by atoms with E-state index in [1.807, 2.05) is 16.7 Å². The second-order valence-electron chi connectivity index (χ2n) is 6.66. The Morgan fingerprint density at radius 1 is 1.26 bits per heavy atom. The van der Waals surface area contributed by atoms with Crippen molar-refractivity contribution >= 4 is 29.9 Å². The van der Waals surface area contributed by atoms with Gasteiger partial charge < -0.3 is 10.6 Å². The molecule has 1 aromatic carbocycles. The summed E-state index contributed by atoms with van der Waals surface area (Å²) in [7, 11) is 1.77. The van der Waals surface area contributed by atoms with Crippen molar-refractivity contribution in [1.29, 1.82) is 0 Å². The maximum atomic E-state index is 12.3. The Bertz CT molecular complexity index is 826. The van der Waals surface area contributed by atoms with Gasteiger partial charge in [0.05, 0.1) is 0 Å². The molecule has 0 unspecified atom stereocenters. The first-order valence-corrected chi connectivity index (χ1v) is 9.34. The van der Waals surface area contributed by atoms with E-state index in [4.69, 9.17) is 0 Å². The van der Waals surface area contributed by atoms with Crippen molar-refractivity contribution in [2.75, 3.05) is 13.6 Å². The largest absolute Gasteiger partial charge is 0.356 e. The summed E-state index contributed by atoms with van der Waals surface area (Å²) < 4.78 is 3.42. The molecule has 148 valence electrons. The molecule has 0 saturated heterocycles. The number of halogens is 1. The summed E-state index contributed by atoms with van der Waals surface area (Å²) in [5, 5.41) is 11.1. The van der Waals surface area contributed by atoms with Crippen molar-refractivity contribution < 1.29 is 0 Å². The van der Waals surface area contributed by atoms with Gasteiger partial charge in [-0.05, 0) is 37.3 Å². The average Bonchev–Trinajstić information content (AvgIpc) is 2.98. The van der Waals surface area contributed by atoms with Crippen LogP contribution in [0, 0.1) is 6.92 Å². The summed E-state index contributed by atoms with van der Waals surface area (Å²) in [6.45, 7) is 5.01. The van der Waals surface area contributed by atoms with Crippen molar-refractivity contribution in [3.8, 4) is 0 Å². The number of nitrogens with zero attached hydrogens (tertiary/aromatic N) is 4. The van der Waals surface area contributed by atoms with Crippen LogP contribution in [0.3, 0.4) is 0 Å². The quantitative estimate of drug-likeness (QED) is 0.285. The molecule has 0 fully saturated rings. The second-order valence-corrected chi connectivity index (χ2v) is 6.66. The van der Waals surface area contributed by atoms with Crippen LogP contribution in [0.25, 0.3) is 0 Å². The maximum absolute atomic E-state index is 12.3. The van der Waals surface area contributed by atoms with Crippen molar-refractivity contribution in [3.63, 3.8) is 0 Å². The first-order valence-electron chi connectivity index (χ1n) is 9.34. The summed E-state index contributed by atoms with van der Waals surface area (Å²) in [6.07, 6.45) is 3.93. The monoisotopic (exact) mass is 484 g/mol. The molecular weight excluding hydrogens is 455 g/mol. The first kappa shape index (κ1) is 21.5. The molecule has 27 heavy (non-hydrogen) atoms. The van der Waals surface area contributed by atoms with E-state index in [2.05, 4.69) is 39.8 Å². The lowest BCUT2D eigenvalue weighted by Crippen LogP contribution is -2.38. The molecule has 0 aliphatic carbocycles. The molecule has 3 rings (SSSR count). The lowest BCUT2D eigenvalue weighted by atomic mass is 10.1. The van der Waals surface area contributed by atoms with Crippen LogP contribution in [0.1, 0.15) is 36.2 Å². The molecule has 0 amide bonds. The highest BCUT2D eigenvalue weighted by Crippen LogP contribution is 2.09. The zero-order chi connectivity index (χ0) is 18.4. The van der Waals surface area contributed by atoms with Gasteiger partial charge in [0.15, 0.2) is 5.96 Å². The predicted molar refractivity (Wildman–Crippen MR) is 119 cm³/mol. The van der Waals surface area contributed by atoms with Crippen LogP contribution in [-0.4, -0.2) is 33.9 Å². The van der Waals surface area contributed by atoms with E-state index < -0.39 is 0 Å². The second kappa shape index (κ2) is 10.5. The third-order valence-corrected chi connectivity index (χ3v) is 4.80. The third kappa shape index (κ3) is 5.57. The predicted octanol–water partition coefficient (Wildman–Crippen LogP) is 2.06. The number of fused-ring (bicyclic) bond motifs is 1. The molecule has 2 aromatic rings. The molecule has 0 saturated carbocycles. The van der Waals surface area contributed by atoms with Crippen LogP contribution >= 0.6 is 24.0 Å². The number of aliphatic imine (C=N–C) groups is 1. The Labute approximate surface area is 177 Å². The van der Waals surface area contributed by atoms with E-state index >= 15 is 0 Å². The Balaban J connectivity index is 0.00000261. The van der Waals surface area contributed by atoms with Gasteiger partial charge in [-0.1, -0.05) is 24.3 Å².